The fraction of sp³-hybridized carbons (Fsp3) is 0.118. The first-order valence-corrected chi connectivity index (χ1v) is 6.97. The van der Waals surface area contributed by atoms with Crippen molar-refractivity contribution in [2.24, 2.45) is 0 Å². The van der Waals surface area contributed by atoms with Gasteiger partial charge in [-0.15, -0.1) is 0 Å². The Kier molecular flexibility index (Phi) is 5.37. The average molecular weight is 355 g/mol. The predicted molar refractivity (Wildman–Crippen MR) is 82.0 cm³/mol. The molecule has 0 atom stereocenters. The van der Waals surface area contributed by atoms with Gasteiger partial charge in [0.15, 0.2) is 6.61 Å². The summed E-state index contributed by atoms with van der Waals surface area (Å²) in [6, 6.07) is 9.16. The molecule has 0 aromatic heterocycles. The number of aliphatic carboxylic acids is 1. The van der Waals surface area contributed by atoms with Crippen LogP contribution in [0.25, 0.3) is 0 Å². The Morgan fingerprint density at radius 1 is 1.12 bits per heavy atom. The Hall–Kier alpha value is -2.65. The van der Waals surface area contributed by atoms with Crippen LogP contribution in [0.2, 0.25) is 5.02 Å². The maximum atomic E-state index is 12.9. The lowest BCUT2D eigenvalue weighted by Crippen LogP contribution is -2.10. The molecule has 0 aliphatic heterocycles. The largest absolute Gasteiger partial charge is 0.481 e. The first kappa shape index (κ1) is 17.7. The highest BCUT2D eigenvalue weighted by Crippen LogP contribution is 2.31. The Morgan fingerprint density at radius 2 is 1.79 bits per heavy atom. The third-order valence-corrected chi connectivity index (χ3v) is 3.09. The van der Waals surface area contributed by atoms with Crippen molar-refractivity contribution in [3.05, 3.63) is 64.2 Å². The maximum Gasteiger partial charge on any atom is 0.417 e. The van der Waals surface area contributed by atoms with Gasteiger partial charge in [0.2, 0.25) is 0 Å². The zero-order chi connectivity index (χ0) is 17.7. The van der Waals surface area contributed by atoms with Gasteiger partial charge in [0, 0.05) is 10.6 Å². The summed E-state index contributed by atoms with van der Waals surface area (Å²) in [6.45, 7) is -0.602. The first-order valence-electron chi connectivity index (χ1n) is 6.60. The van der Waals surface area contributed by atoms with Gasteiger partial charge in [-0.05, 0) is 30.3 Å². The van der Waals surface area contributed by atoms with E-state index in [1.54, 1.807) is 0 Å². The van der Waals surface area contributed by atoms with Crippen LogP contribution in [-0.4, -0.2) is 17.7 Å². The summed E-state index contributed by atoms with van der Waals surface area (Å²) < 4.78 is 43.9. The standard InChI is InChI=1S/C17H10ClF3O3/c18-13-7-8-15(24-10-16(22)23)12(9-13)6-5-11-3-1-2-4-14(11)17(19,20)21/h1-4,7-9H,10H2,(H,22,23). The quantitative estimate of drug-likeness (QED) is 0.839. The Morgan fingerprint density at radius 3 is 2.46 bits per heavy atom. The predicted octanol–water partition coefficient (Wildman–Crippen LogP) is 4.22. The molecule has 0 aliphatic rings. The van der Waals surface area contributed by atoms with E-state index in [0.717, 1.165) is 6.07 Å². The van der Waals surface area contributed by atoms with E-state index in [0.29, 0.717) is 5.02 Å². The van der Waals surface area contributed by atoms with Gasteiger partial charge in [0.05, 0.1) is 11.1 Å². The third-order valence-electron chi connectivity index (χ3n) is 2.86. The fourth-order valence-corrected chi connectivity index (χ4v) is 2.01. The molecule has 0 radical (unpaired) electrons. The molecule has 7 heteroatoms. The minimum Gasteiger partial charge on any atom is -0.481 e. The Balaban J connectivity index is 2.41. The van der Waals surface area contributed by atoms with Crippen LogP contribution in [0.3, 0.4) is 0 Å². The second-order valence-electron chi connectivity index (χ2n) is 4.62. The molecule has 0 amide bonds. The summed E-state index contributed by atoms with van der Waals surface area (Å²) >= 11 is 5.85. The van der Waals surface area contributed by atoms with Crippen LogP contribution in [-0.2, 0) is 11.0 Å². The molecule has 0 unspecified atom stereocenters. The van der Waals surface area contributed by atoms with E-state index >= 15 is 0 Å². The molecule has 0 aliphatic carbocycles. The van der Waals surface area contributed by atoms with Crippen LogP contribution in [0.15, 0.2) is 42.5 Å². The summed E-state index contributed by atoms with van der Waals surface area (Å²) in [5.74, 6) is 3.92. The van der Waals surface area contributed by atoms with Crippen LogP contribution >= 0.6 is 11.6 Å². The molecule has 3 nitrogen and oxygen atoms in total. The van der Waals surface area contributed by atoms with E-state index in [4.69, 9.17) is 21.4 Å². The minimum atomic E-state index is -4.53. The van der Waals surface area contributed by atoms with Crippen LogP contribution in [0.4, 0.5) is 13.2 Å². The smallest absolute Gasteiger partial charge is 0.417 e. The highest BCUT2D eigenvalue weighted by atomic mass is 35.5. The number of hydrogen-bond donors (Lipinski definition) is 1. The number of rotatable bonds is 3. The van der Waals surface area contributed by atoms with E-state index in [1.807, 2.05) is 0 Å². The number of carboxylic acids is 1. The molecule has 0 fully saturated rings. The van der Waals surface area contributed by atoms with Crippen molar-refractivity contribution in [2.75, 3.05) is 6.61 Å². The van der Waals surface area contributed by atoms with E-state index in [2.05, 4.69) is 11.8 Å². The first-order chi connectivity index (χ1) is 11.3. The minimum absolute atomic E-state index is 0.124. The molecule has 24 heavy (non-hydrogen) atoms. The molecular formula is C17H10ClF3O3. The molecule has 2 aromatic carbocycles. The van der Waals surface area contributed by atoms with E-state index in [-0.39, 0.29) is 16.9 Å². The molecule has 124 valence electrons. The molecule has 1 N–H and O–H groups in total. The molecule has 0 saturated heterocycles. The number of benzene rings is 2. The zero-order valence-corrected chi connectivity index (χ0v) is 12.8. The lowest BCUT2D eigenvalue weighted by molar-refractivity contribution is -0.139. The van der Waals surface area contributed by atoms with Crippen molar-refractivity contribution in [2.45, 2.75) is 6.18 Å². The van der Waals surface area contributed by atoms with Crippen molar-refractivity contribution in [3.8, 4) is 17.6 Å². The molecule has 2 aromatic rings. The van der Waals surface area contributed by atoms with Gasteiger partial charge in [0.1, 0.15) is 5.75 Å². The van der Waals surface area contributed by atoms with Gasteiger partial charge < -0.3 is 9.84 Å². The lowest BCUT2D eigenvalue weighted by Gasteiger charge is -2.08. The van der Waals surface area contributed by atoms with Crippen molar-refractivity contribution in [3.63, 3.8) is 0 Å². The number of ether oxygens (including phenoxy) is 1. The van der Waals surface area contributed by atoms with Crippen LogP contribution in [0.5, 0.6) is 5.75 Å². The maximum absolute atomic E-state index is 12.9. The van der Waals surface area contributed by atoms with Crippen molar-refractivity contribution >= 4 is 17.6 Å². The second-order valence-corrected chi connectivity index (χ2v) is 5.05. The SMILES string of the molecule is O=C(O)COc1ccc(Cl)cc1C#Cc1ccccc1C(F)(F)F. The number of halogens is 4. The van der Waals surface area contributed by atoms with Gasteiger partial charge >= 0.3 is 12.1 Å². The highest BCUT2D eigenvalue weighted by Gasteiger charge is 2.32. The van der Waals surface area contributed by atoms with E-state index in [1.165, 1.54) is 36.4 Å². The molecule has 0 saturated carbocycles. The summed E-state index contributed by atoms with van der Waals surface area (Å²) in [5.41, 5.74) is -0.859. The summed E-state index contributed by atoms with van der Waals surface area (Å²) in [7, 11) is 0. The van der Waals surface area contributed by atoms with Crippen LogP contribution < -0.4 is 4.74 Å². The average Bonchev–Trinajstić information content (AvgIpc) is 2.51. The number of carboxylic acid groups (broad SMARTS) is 1. The van der Waals surface area contributed by atoms with Gasteiger partial charge in [-0.2, -0.15) is 13.2 Å². The van der Waals surface area contributed by atoms with Gasteiger partial charge in [-0.1, -0.05) is 35.6 Å². The molecule has 0 bridgehead atoms. The lowest BCUT2D eigenvalue weighted by atomic mass is 10.1. The van der Waals surface area contributed by atoms with Crippen LogP contribution in [0, 0.1) is 11.8 Å². The topological polar surface area (TPSA) is 46.5 Å². The number of hydrogen-bond acceptors (Lipinski definition) is 2. The summed E-state index contributed by atoms with van der Waals surface area (Å²) in [6.07, 6.45) is -4.53. The van der Waals surface area contributed by atoms with Crippen molar-refractivity contribution < 1.29 is 27.8 Å². The second kappa shape index (κ2) is 7.28. The fourth-order valence-electron chi connectivity index (χ4n) is 1.84. The number of carbonyl (C=O) groups is 1. The molecule has 0 heterocycles. The Bertz CT molecular complexity index is 820. The normalized spacial score (nSPS) is 10.7. The summed E-state index contributed by atoms with van der Waals surface area (Å²) in [5, 5.41) is 8.94. The van der Waals surface area contributed by atoms with Crippen molar-refractivity contribution in [1.29, 1.82) is 0 Å². The van der Waals surface area contributed by atoms with Crippen LogP contribution in [0.1, 0.15) is 16.7 Å². The van der Waals surface area contributed by atoms with Gasteiger partial charge in [0.25, 0.3) is 0 Å². The van der Waals surface area contributed by atoms with Gasteiger partial charge in [-0.25, -0.2) is 4.79 Å². The third kappa shape index (κ3) is 4.67. The zero-order valence-electron chi connectivity index (χ0n) is 12.0. The highest BCUT2D eigenvalue weighted by molar-refractivity contribution is 6.30. The number of alkyl halides is 3. The van der Waals surface area contributed by atoms with Gasteiger partial charge in [-0.3, -0.25) is 0 Å². The summed E-state index contributed by atoms with van der Waals surface area (Å²) in [4.78, 5) is 10.6. The van der Waals surface area contributed by atoms with E-state index < -0.39 is 24.3 Å². The molecule has 0 spiro atoms. The van der Waals surface area contributed by atoms with E-state index in [9.17, 15) is 18.0 Å². The molecular weight excluding hydrogens is 345 g/mol. The van der Waals surface area contributed by atoms with Crippen molar-refractivity contribution in [1.82, 2.24) is 0 Å². The Labute approximate surface area is 140 Å². The molecule has 2 rings (SSSR count). The monoisotopic (exact) mass is 354 g/mol.